The van der Waals surface area contributed by atoms with Crippen molar-refractivity contribution >= 4 is 11.6 Å². The van der Waals surface area contributed by atoms with Crippen molar-refractivity contribution in [2.75, 3.05) is 11.9 Å². The van der Waals surface area contributed by atoms with Gasteiger partial charge in [0.05, 0.1) is 0 Å². The highest BCUT2D eigenvalue weighted by molar-refractivity contribution is 5.93. The fraction of sp³-hybridized carbons (Fsp3) is 0.316. The van der Waals surface area contributed by atoms with Crippen LogP contribution in [-0.2, 0) is 11.2 Å². The van der Waals surface area contributed by atoms with Crippen molar-refractivity contribution in [3.05, 3.63) is 65.2 Å². The normalized spacial score (nSPS) is 16.6. The van der Waals surface area contributed by atoms with Crippen LogP contribution in [0, 0.1) is 6.92 Å². The van der Waals surface area contributed by atoms with Gasteiger partial charge in [0.25, 0.3) is 0 Å². The van der Waals surface area contributed by atoms with E-state index in [1.807, 2.05) is 31.3 Å². The first-order valence-electron chi connectivity index (χ1n) is 7.56. The summed E-state index contributed by atoms with van der Waals surface area (Å²) in [5.74, 6) is 0.571. The maximum Gasteiger partial charge on any atom is 0.227 e. The molecule has 2 aromatic carbocycles. The second kappa shape index (κ2) is 5.72. The standard InChI is InChI=1S/C19H21NO/c1-14-7-11-17(12-8-14)20(2)19(21)13-16-10-9-15-5-3-4-6-18(15)16/h3-8,11-12,16H,9-10,13H2,1-2H3. The van der Waals surface area contributed by atoms with Crippen LogP contribution in [0.4, 0.5) is 5.69 Å². The molecule has 2 heteroatoms. The van der Waals surface area contributed by atoms with Crippen LogP contribution < -0.4 is 4.90 Å². The number of benzene rings is 2. The van der Waals surface area contributed by atoms with E-state index < -0.39 is 0 Å². The molecule has 0 aromatic heterocycles. The van der Waals surface area contributed by atoms with Gasteiger partial charge in [0.15, 0.2) is 0 Å². The van der Waals surface area contributed by atoms with Crippen LogP contribution in [-0.4, -0.2) is 13.0 Å². The highest BCUT2D eigenvalue weighted by Crippen LogP contribution is 2.35. The predicted octanol–water partition coefficient (Wildman–Crippen LogP) is 4.08. The van der Waals surface area contributed by atoms with E-state index in [-0.39, 0.29) is 5.91 Å². The number of nitrogens with zero attached hydrogens (tertiary/aromatic N) is 1. The van der Waals surface area contributed by atoms with Crippen molar-refractivity contribution in [1.29, 1.82) is 0 Å². The molecule has 0 saturated carbocycles. The summed E-state index contributed by atoms with van der Waals surface area (Å²) in [6.07, 6.45) is 2.79. The molecular formula is C19H21NO. The smallest absolute Gasteiger partial charge is 0.227 e. The zero-order chi connectivity index (χ0) is 14.8. The van der Waals surface area contributed by atoms with E-state index >= 15 is 0 Å². The van der Waals surface area contributed by atoms with Crippen LogP contribution in [0.25, 0.3) is 0 Å². The Balaban J connectivity index is 1.71. The molecule has 0 heterocycles. The monoisotopic (exact) mass is 279 g/mol. The molecule has 0 radical (unpaired) electrons. The Morgan fingerprint density at radius 2 is 1.86 bits per heavy atom. The summed E-state index contributed by atoms with van der Waals surface area (Å²) < 4.78 is 0. The van der Waals surface area contributed by atoms with Crippen LogP contribution >= 0.6 is 0 Å². The fourth-order valence-corrected chi connectivity index (χ4v) is 3.12. The van der Waals surface area contributed by atoms with E-state index in [2.05, 4.69) is 31.2 Å². The van der Waals surface area contributed by atoms with Crippen molar-refractivity contribution < 1.29 is 4.79 Å². The number of carbonyl (C=O) groups excluding carboxylic acids is 1. The summed E-state index contributed by atoms with van der Waals surface area (Å²) in [7, 11) is 1.87. The number of hydrogen-bond donors (Lipinski definition) is 0. The lowest BCUT2D eigenvalue weighted by atomic mass is 9.97. The molecule has 108 valence electrons. The number of hydrogen-bond acceptors (Lipinski definition) is 1. The van der Waals surface area contributed by atoms with Crippen molar-refractivity contribution in [2.45, 2.75) is 32.1 Å². The molecule has 3 rings (SSSR count). The minimum Gasteiger partial charge on any atom is -0.315 e. The molecule has 1 aliphatic rings. The molecule has 0 aliphatic heterocycles. The molecule has 1 unspecified atom stereocenters. The van der Waals surface area contributed by atoms with Gasteiger partial charge in [-0.1, -0.05) is 42.0 Å². The number of aryl methyl sites for hydroxylation is 2. The first-order valence-corrected chi connectivity index (χ1v) is 7.56. The number of carbonyl (C=O) groups is 1. The lowest BCUT2D eigenvalue weighted by Crippen LogP contribution is -2.27. The van der Waals surface area contributed by atoms with Crippen LogP contribution in [0.15, 0.2) is 48.5 Å². The quantitative estimate of drug-likeness (QED) is 0.829. The third-order valence-electron chi connectivity index (χ3n) is 4.47. The van der Waals surface area contributed by atoms with Crippen molar-refractivity contribution in [2.24, 2.45) is 0 Å². The number of rotatable bonds is 3. The Kier molecular flexibility index (Phi) is 3.78. The lowest BCUT2D eigenvalue weighted by molar-refractivity contribution is -0.118. The van der Waals surface area contributed by atoms with E-state index in [0.29, 0.717) is 12.3 Å². The maximum absolute atomic E-state index is 12.5. The first-order chi connectivity index (χ1) is 10.1. The average molecular weight is 279 g/mol. The molecule has 21 heavy (non-hydrogen) atoms. The van der Waals surface area contributed by atoms with Gasteiger partial charge in [-0.25, -0.2) is 0 Å². The van der Waals surface area contributed by atoms with E-state index in [4.69, 9.17) is 0 Å². The van der Waals surface area contributed by atoms with Gasteiger partial charge in [-0.3, -0.25) is 4.79 Å². The zero-order valence-electron chi connectivity index (χ0n) is 12.7. The van der Waals surface area contributed by atoms with E-state index in [1.165, 1.54) is 16.7 Å². The largest absolute Gasteiger partial charge is 0.315 e. The predicted molar refractivity (Wildman–Crippen MR) is 86.7 cm³/mol. The molecule has 2 aromatic rings. The van der Waals surface area contributed by atoms with E-state index in [9.17, 15) is 4.79 Å². The van der Waals surface area contributed by atoms with Gasteiger partial charge < -0.3 is 4.90 Å². The molecular weight excluding hydrogens is 258 g/mol. The Morgan fingerprint density at radius 1 is 1.14 bits per heavy atom. The Morgan fingerprint density at radius 3 is 2.62 bits per heavy atom. The van der Waals surface area contributed by atoms with Gasteiger partial charge in [0.2, 0.25) is 5.91 Å². The van der Waals surface area contributed by atoms with Gasteiger partial charge in [-0.05, 0) is 48.9 Å². The van der Waals surface area contributed by atoms with Crippen molar-refractivity contribution in [3.8, 4) is 0 Å². The second-order valence-electron chi connectivity index (χ2n) is 5.93. The Labute approximate surface area is 126 Å². The number of anilines is 1. The van der Waals surface area contributed by atoms with E-state index in [0.717, 1.165) is 18.5 Å². The van der Waals surface area contributed by atoms with Gasteiger partial charge in [0, 0.05) is 19.2 Å². The van der Waals surface area contributed by atoms with Gasteiger partial charge in [-0.2, -0.15) is 0 Å². The molecule has 1 atom stereocenters. The molecule has 0 saturated heterocycles. The Hall–Kier alpha value is -2.09. The average Bonchev–Trinajstić information content (AvgIpc) is 2.91. The van der Waals surface area contributed by atoms with Gasteiger partial charge in [0.1, 0.15) is 0 Å². The Bertz CT molecular complexity index is 645. The summed E-state index contributed by atoms with van der Waals surface area (Å²) in [5.41, 5.74) is 4.96. The summed E-state index contributed by atoms with van der Waals surface area (Å²) in [4.78, 5) is 14.3. The fourth-order valence-electron chi connectivity index (χ4n) is 3.12. The molecule has 1 amide bonds. The van der Waals surface area contributed by atoms with Crippen LogP contribution in [0.1, 0.15) is 35.4 Å². The lowest BCUT2D eigenvalue weighted by Gasteiger charge is -2.20. The highest BCUT2D eigenvalue weighted by Gasteiger charge is 2.25. The van der Waals surface area contributed by atoms with Crippen molar-refractivity contribution in [3.63, 3.8) is 0 Å². The highest BCUT2D eigenvalue weighted by atomic mass is 16.2. The zero-order valence-corrected chi connectivity index (χ0v) is 12.7. The number of amides is 1. The van der Waals surface area contributed by atoms with Gasteiger partial charge in [-0.15, -0.1) is 0 Å². The van der Waals surface area contributed by atoms with Crippen LogP contribution in [0.3, 0.4) is 0 Å². The molecule has 1 aliphatic carbocycles. The maximum atomic E-state index is 12.5. The molecule has 2 nitrogen and oxygen atoms in total. The first kappa shape index (κ1) is 13.9. The van der Waals surface area contributed by atoms with Crippen LogP contribution in [0.2, 0.25) is 0 Å². The molecule has 0 N–H and O–H groups in total. The summed E-state index contributed by atoms with van der Waals surface area (Å²) >= 11 is 0. The third kappa shape index (κ3) is 2.85. The number of fused-ring (bicyclic) bond motifs is 1. The minimum absolute atomic E-state index is 0.195. The topological polar surface area (TPSA) is 20.3 Å². The van der Waals surface area contributed by atoms with Crippen LogP contribution in [0.5, 0.6) is 0 Å². The third-order valence-corrected chi connectivity index (χ3v) is 4.47. The van der Waals surface area contributed by atoms with E-state index in [1.54, 1.807) is 4.90 Å². The minimum atomic E-state index is 0.195. The summed E-state index contributed by atoms with van der Waals surface area (Å²) in [5, 5.41) is 0. The summed E-state index contributed by atoms with van der Waals surface area (Å²) in [6.45, 7) is 2.06. The molecule has 0 spiro atoms. The van der Waals surface area contributed by atoms with Crippen molar-refractivity contribution in [1.82, 2.24) is 0 Å². The SMILES string of the molecule is Cc1ccc(N(C)C(=O)CC2CCc3ccccc32)cc1. The molecule has 0 bridgehead atoms. The van der Waals surface area contributed by atoms with Gasteiger partial charge >= 0.3 is 0 Å². The summed E-state index contributed by atoms with van der Waals surface area (Å²) in [6, 6.07) is 16.6. The second-order valence-corrected chi connectivity index (χ2v) is 5.93. The molecule has 0 fully saturated rings.